The van der Waals surface area contributed by atoms with Crippen molar-refractivity contribution < 1.29 is 9.90 Å². The number of aliphatic hydroxyl groups excluding tert-OH is 1. The summed E-state index contributed by atoms with van der Waals surface area (Å²) >= 11 is 3.44. The van der Waals surface area contributed by atoms with E-state index in [-0.39, 0.29) is 30.5 Å². The predicted molar refractivity (Wildman–Crippen MR) is 80.5 cm³/mol. The molecule has 0 aliphatic carbocycles. The third kappa shape index (κ3) is 2.18. The normalized spacial score (nSPS) is 30.1. The molecule has 1 aromatic rings. The number of piperazine rings is 1. The average molecular weight is 339 g/mol. The highest BCUT2D eigenvalue weighted by atomic mass is 79.9. The van der Waals surface area contributed by atoms with E-state index in [9.17, 15) is 9.90 Å². The Bertz CT molecular complexity index is 505. The minimum absolute atomic E-state index is 0.0368. The summed E-state index contributed by atoms with van der Waals surface area (Å²) in [7, 11) is 0. The van der Waals surface area contributed by atoms with Gasteiger partial charge >= 0.3 is 0 Å². The van der Waals surface area contributed by atoms with Crippen LogP contribution in [0.5, 0.6) is 0 Å². The number of carbonyl (C=O) groups is 1. The Labute approximate surface area is 127 Å². The Morgan fingerprint density at radius 1 is 1.35 bits per heavy atom. The predicted octanol–water partition coefficient (Wildman–Crippen LogP) is 1.44. The highest BCUT2D eigenvalue weighted by Gasteiger charge is 2.53. The first-order valence-electron chi connectivity index (χ1n) is 7.05. The lowest BCUT2D eigenvalue weighted by atomic mass is 9.74. The molecule has 0 radical (unpaired) electrons. The molecule has 4 nitrogen and oxygen atoms in total. The summed E-state index contributed by atoms with van der Waals surface area (Å²) in [4.78, 5) is 16.3. The van der Waals surface area contributed by atoms with Gasteiger partial charge in [-0.2, -0.15) is 0 Å². The molecule has 2 aliphatic rings. The van der Waals surface area contributed by atoms with Crippen LogP contribution in [-0.4, -0.2) is 59.1 Å². The first kappa shape index (κ1) is 14.0. The van der Waals surface area contributed by atoms with Gasteiger partial charge in [0.25, 0.3) is 0 Å². The zero-order valence-corrected chi connectivity index (χ0v) is 13.1. The number of hydrogen-bond donors (Lipinski definition) is 1. The molecule has 2 aliphatic heterocycles. The van der Waals surface area contributed by atoms with Gasteiger partial charge in [0.1, 0.15) is 0 Å². The largest absolute Gasteiger partial charge is 0.394 e. The molecule has 1 aromatic carbocycles. The number of carbonyl (C=O) groups excluding carboxylic acids is 1. The molecule has 108 valence electrons. The Morgan fingerprint density at radius 2 is 2.05 bits per heavy atom. The minimum Gasteiger partial charge on any atom is -0.394 e. The van der Waals surface area contributed by atoms with E-state index < -0.39 is 0 Å². The van der Waals surface area contributed by atoms with Crippen LogP contribution in [0, 0.1) is 0 Å². The molecule has 2 fully saturated rings. The Kier molecular flexibility index (Phi) is 3.84. The molecule has 0 bridgehead atoms. The molecule has 2 saturated heterocycles. The first-order valence-corrected chi connectivity index (χ1v) is 7.84. The van der Waals surface area contributed by atoms with Gasteiger partial charge in [-0.3, -0.25) is 9.69 Å². The number of aliphatic hydroxyl groups is 1. The van der Waals surface area contributed by atoms with Crippen molar-refractivity contribution in [2.75, 3.05) is 26.2 Å². The van der Waals surface area contributed by atoms with Crippen LogP contribution >= 0.6 is 15.9 Å². The number of hydrogen-bond acceptors (Lipinski definition) is 3. The van der Waals surface area contributed by atoms with Gasteiger partial charge in [-0.25, -0.2) is 0 Å². The third-order valence-corrected chi connectivity index (χ3v) is 5.05. The lowest BCUT2D eigenvalue weighted by Gasteiger charge is -2.58. The Balaban J connectivity index is 1.86. The highest BCUT2D eigenvalue weighted by molar-refractivity contribution is 9.10. The van der Waals surface area contributed by atoms with Crippen LogP contribution < -0.4 is 0 Å². The molecule has 3 atom stereocenters. The summed E-state index contributed by atoms with van der Waals surface area (Å²) in [5.41, 5.74) is 1.21. The van der Waals surface area contributed by atoms with Gasteiger partial charge in [-0.1, -0.05) is 35.0 Å². The van der Waals surface area contributed by atoms with E-state index in [0.717, 1.165) is 17.6 Å². The molecule has 2 heterocycles. The second-order valence-electron chi connectivity index (χ2n) is 5.52. The van der Waals surface area contributed by atoms with Gasteiger partial charge < -0.3 is 10.0 Å². The Hall–Kier alpha value is -0.910. The molecule has 0 spiro atoms. The zero-order valence-electron chi connectivity index (χ0n) is 11.5. The van der Waals surface area contributed by atoms with E-state index in [4.69, 9.17) is 0 Å². The van der Waals surface area contributed by atoms with Crippen molar-refractivity contribution in [1.82, 2.24) is 9.80 Å². The summed E-state index contributed by atoms with van der Waals surface area (Å²) in [5.74, 6) is 0.391. The van der Waals surface area contributed by atoms with Crippen molar-refractivity contribution >= 4 is 21.8 Å². The Morgan fingerprint density at radius 3 is 2.65 bits per heavy atom. The summed E-state index contributed by atoms with van der Waals surface area (Å²) in [6, 6.07) is 8.36. The van der Waals surface area contributed by atoms with Crippen LogP contribution in [0.15, 0.2) is 28.7 Å². The van der Waals surface area contributed by atoms with E-state index in [0.29, 0.717) is 6.54 Å². The highest BCUT2D eigenvalue weighted by Crippen LogP contribution is 2.42. The van der Waals surface area contributed by atoms with Crippen LogP contribution in [0.4, 0.5) is 0 Å². The van der Waals surface area contributed by atoms with Gasteiger partial charge in [-0.15, -0.1) is 0 Å². The van der Waals surface area contributed by atoms with Gasteiger partial charge in [0.15, 0.2) is 0 Å². The smallest absolute Gasteiger partial charge is 0.237 e. The van der Waals surface area contributed by atoms with Crippen LogP contribution in [-0.2, 0) is 4.79 Å². The fraction of sp³-hybridized carbons (Fsp3) is 0.533. The second kappa shape index (κ2) is 5.47. The molecular formula is C15H19BrN2O2. The zero-order chi connectivity index (χ0) is 14.3. The quantitative estimate of drug-likeness (QED) is 0.906. The lowest BCUT2D eigenvalue weighted by molar-refractivity contribution is -0.161. The fourth-order valence-electron chi connectivity index (χ4n) is 3.49. The molecule has 5 heteroatoms. The molecule has 1 amide bonds. The van der Waals surface area contributed by atoms with Gasteiger partial charge in [0, 0.05) is 16.9 Å². The molecule has 3 rings (SSSR count). The standard InChI is InChI=1S/C15H19BrN2O2/c1-2-17-7-12-15(10-3-5-11(16)6-4-10)13(9-19)18(12)14(20)8-17/h3-6,12-13,15,19H,2,7-9H2,1H3/t12-,13-,15-/m1/s1. The monoisotopic (exact) mass is 338 g/mol. The number of benzene rings is 1. The van der Waals surface area contributed by atoms with Crippen molar-refractivity contribution in [3.63, 3.8) is 0 Å². The maximum absolute atomic E-state index is 12.2. The number of likely N-dealkylation sites (N-methyl/N-ethyl adjacent to an activating group) is 1. The van der Waals surface area contributed by atoms with Crippen molar-refractivity contribution in [1.29, 1.82) is 0 Å². The van der Waals surface area contributed by atoms with Gasteiger partial charge in [0.2, 0.25) is 5.91 Å². The molecule has 1 N–H and O–H groups in total. The molecule has 20 heavy (non-hydrogen) atoms. The second-order valence-corrected chi connectivity index (χ2v) is 6.44. The topological polar surface area (TPSA) is 43.8 Å². The van der Waals surface area contributed by atoms with E-state index in [1.807, 2.05) is 17.0 Å². The number of halogens is 1. The van der Waals surface area contributed by atoms with E-state index in [2.05, 4.69) is 39.9 Å². The number of nitrogens with zero attached hydrogens (tertiary/aromatic N) is 2. The minimum atomic E-state index is -0.0623. The van der Waals surface area contributed by atoms with Crippen molar-refractivity contribution in [3.05, 3.63) is 34.3 Å². The molecule has 0 aromatic heterocycles. The average Bonchev–Trinajstić information content (AvgIpc) is 2.43. The van der Waals surface area contributed by atoms with Crippen LogP contribution in [0.1, 0.15) is 18.4 Å². The molecule has 0 saturated carbocycles. The van der Waals surface area contributed by atoms with E-state index in [1.54, 1.807) is 0 Å². The van der Waals surface area contributed by atoms with Crippen LogP contribution in [0.2, 0.25) is 0 Å². The van der Waals surface area contributed by atoms with Crippen LogP contribution in [0.25, 0.3) is 0 Å². The van der Waals surface area contributed by atoms with E-state index >= 15 is 0 Å². The van der Waals surface area contributed by atoms with E-state index in [1.165, 1.54) is 5.56 Å². The SMILES string of the molecule is CCN1CC(=O)N2[C@H](CO)[C@H](c3ccc(Br)cc3)[C@H]2C1. The first-order chi connectivity index (χ1) is 9.65. The molecule has 0 unspecified atom stereocenters. The third-order valence-electron chi connectivity index (χ3n) is 4.52. The van der Waals surface area contributed by atoms with Gasteiger partial charge in [-0.05, 0) is 24.2 Å². The summed E-state index contributed by atoms with van der Waals surface area (Å²) < 4.78 is 1.05. The number of fused-ring (bicyclic) bond motifs is 1. The van der Waals surface area contributed by atoms with Crippen LogP contribution in [0.3, 0.4) is 0 Å². The van der Waals surface area contributed by atoms with Crippen molar-refractivity contribution in [2.24, 2.45) is 0 Å². The summed E-state index contributed by atoms with van der Waals surface area (Å²) in [5, 5.41) is 9.64. The van der Waals surface area contributed by atoms with Gasteiger partial charge in [0.05, 0.1) is 25.2 Å². The fourth-order valence-corrected chi connectivity index (χ4v) is 3.76. The maximum atomic E-state index is 12.2. The van der Waals surface area contributed by atoms with Crippen molar-refractivity contribution in [3.8, 4) is 0 Å². The van der Waals surface area contributed by atoms with Crippen molar-refractivity contribution in [2.45, 2.75) is 24.9 Å². The lowest BCUT2D eigenvalue weighted by Crippen LogP contribution is -2.72. The molecular weight excluding hydrogens is 320 g/mol. The maximum Gasteiger partial charge on any atom is 0.237 e. The number of amides is 1. The summed E-state index contributed by atoms with van der Waals surface area (Å²) in [6.07, 6.45) is 0. The number of rotatable bonds is 3. The summed E-state index contributed by atoms with van der Waals surface area (Å²) in [6.45, 7) is 4.40.